The molecule has 3 N–H and O–H groups in total. The highest BCUT2D eigenvalue weighted by Crippen LogP contribution is 2.28. The molecule has 1 aromatic carbocycles. The first-order chi connectivity index (χ1) is 7.66. The van der Waals surface area contributed by atoms with Crippen molar-refractivity contribution in [1.82, 2.24) is 9.97 Å². The fourth-order valence-electron chi connectivity index (χ4n) is 1.29. The fraction of sp³-hybridized carbons (Fsp3) is 0.182. The predicted octanol–water partition coefficient (Wildman–Crippen LogP) is 2.72. The van der Waals surface area contributed by atoms with Gasteiger partial charge in [-0.3, -0.25) is 0 Å². The molecule has 0 saturated heterocycles. The average molecular weight is 237 g/mol. The molecule has 2 aromatic rings. The average Bonchev–Trinajstić information content (AvgIpc) is 2.73. The summed E-state index contributed by atoms with van der Waals surface area (Å²) in [5, 5.41) is 0.674. The molecule has 3 nitrogen and oxygen atoms in total. The van der Waals surface area contributed by atoms with Crippen LogP contribution in [0.5, 0.6) is 0 Å². The lowest BCUT2D eigenvalue weighted by molar-refractivity contribution is 0.596. The number of nitrogens with one attached hydrogen (secondary N) is 1. The molecule has 1 aromatic heterocycles. The minimum absolute atomic E-state index is 0.155. The molecule has 1 heterocycles. The summed E-state index contributed by atoms with van der Waals surface area (Å²) in [5.41, 5.74) is 6.47. The second-order valence-corrected chi connectivity index (χ2v) is 4.51. The SMILES string of the molecule is C[C@@H](N)c1ccc(Sc2ncc[nH]2)c(F)c1. The van der Waals surface area contributed by atoms with Crippen LogP contribution in [0.3, 0.4) is 0 Å². The number of rotatable bonds is 3. The number of aromatic amines is 1. The normalized spacial score (nSPS) is 12.7. The van der Waals surface area contributed by atoms with Crippen LogP contribution in [-0.4, -0.2) is 9.97 Å². The summed E-state index contributed by atoms with van der Waals surface area (Å²) >= 11 is 1.26. The molecule has 84 valence electrons. The molecule has 0 amide bonds. The third kappa shape index (κ3) is 2.43. The summed E-state index contributed by atoms with van der Waals surface area (Å²) in [7, 11) is 0. The summed E-state index contributed by atoms with van der Waals surface area (Å²) in [6.07, 6.45) is 3.34. The number of halogens is 1. The van der Waals surface area contributed by atoms with Gasteiger partial charge in [0.2, 0.25) is 0 Å². The van der Waals surface area contributed by atoms with Crippen LogP contribution in [0.15, 0.2) is 40.6 Å². The predicted molar refractivity (Wildman–Crippen MR) is 61.7 cm³/mol. The van der Waals surface area contributed by atoms with Gasteiger partial charge >= 0.3 is 0 Å². The molecule has 16 heavy (non-hydrogen) atoms. The van der Waals surface area contributed by atoms with E-state index in [1.54, 1.807) is 18.5 Å². The summed E-state index contributed by atoms with van der Waals surface area (Å²) in [5.74, 6) is -0.267. The van der Waals surface area contributed by atoms with Gasteiger partial charge in [-0.05, 0) is 36.4 Å². The number of imidazole rings is 1. The van der Waals surface area contributed by atoms with Crippen molar-refractivity contribution in [3.63, 3.8) is 0 Å². The van der Waals surface area contributed by atoms with Crippen LogP contribution in [0.25, 0.3) is 0 Å². The lowest BCUT2D eigenvalue weighted by Crippen LogP contribution is -2.05. The zero-order chi connectivity index (χ0) is 11.5. The number of hydrogen-bond acceptors (Lipinski definition) is 3. The van der Waals surface area contributed by atoms with Crippen molar-refractivity contribution in [3.8, 4) is 0 Å². The van der Waals surface area contributed by atoms with Crippen LogP contribution < -0.4 is 5.73 Å². The highest BCUT2D eigenvalue weighted by Gasteiger charge is 2.08. The molecule has 0 aliphatic heterocycles. The minimum Gasteiger partial charge on any atom is -0.339 e. The molecule has 0 fully saturated rings. The van der Waals surface area contributed by atoms with Crippen molar-refractivity contribution >= 4 is 11.8 Å². The van der Waals surface area contributed by atoms with Crippen LogP contribution in [0.4, 0.5) is 4.39 Å². The van der Waals surface area contributed by atoms with E-state index in [1.807, 2.05) is 13.0 Å². The Morgan fingerprint density at radius 2 is 2.31 bits per heavy atom. The van der Waals surface area contributed by atoms with Crippen LogP contribution >= 0.6 is 11.8 Å². The van der Waals surface area contributed by atoms with Gasteiger partial charge in [-0.25, -0.2) is 9.37 Å². The van der Waals surface area contributed by atoms with Gasteiger partial charge in [-0.15, -0.1) is 0 Å². The third-order valence-electron chi connectivity index (χ3n) is 2.16. The van der Waals surface area contributed by atoms with Gasteiger partial charge in [0.25, 0.3) is 0 Å². The van der Waals surface area contributed by atoms with Gasteiger partial charge in [0.15, 0.2) is 5.16 Å². The second-order valence-electron chi connectivity index (χ2n) is 3.47. The van der Waals surface area contributed by atoms with Crippen LogP contribution in [-0.2, 0) is 0 Å². The van der Waals surface area contributed by atoms with Gasteiger partial charge < -0.3 is 10.7 Å². The summed E-state index contributed by atoms with van der Waals surface area (Å²) in [6, 6.07) is 4.87. The van der Waals surface area contributed by atoms with Crippen molar-refractivity contribution in [2.45, 2.75) is 23.0 Å². The number of nitrogens with zero attached hydrogens (tertiary/aromatic N) is 1. The largest absolute Gasteiger partial charge is 0.339 e. The Morgan fingerprint density at radius 3 is 2.88 bits per heavy atom. The highest BCUT2D eigenvalue weighted by molar-refractivity contribution is 7.99. The monoisotopic (exact) mass is 237 g/mol. The molecule has 1 atom stereocenters. The van der Waals surface area contributed by atoms with Crippen molar-refractivity contribution in [2.75, 3.05) is 0 Å². The molecular formula is C11H12FN3S. The number of H-pyrrole nitrogens is 1. The fourth-order valence-corrected chi connectivity index (χ4v) is 2.04. The van der Waals surface area contributed by atoms with E-state index in [-0.39, 0.29) is 11.9 Å². The lowest BCUT2D eigenvalue weighted by atomic mass is 10.1. The molecule has 0 aliphatic carbocycles. The number of aromatic nitrogens is 2. The maximum atomic E-state index is 13.7. The van der Waals surface area contributed by atoms with Gasteiger partial charge in [0.05, 0.1) is 4.90 Å². The molecular weight excluding hydrogens is 225 g/mol. The maximum absolute atomic E-state index is 13.7. The summed E-state index contributed by atoms with van der Waals surface area (Å²) < 4.78 is 13.7. The van der Waals surface area contributed by atoms with E-state index >= 15 is 0 Å². The summed E-state index contributed by atoms with van der Waals surface area (Å²) in [6.45, 7) is 1.83. The molecule has 0 unspecified atom stereocenters. The Bertz CT molecular complexity index is 468. The first-order valence-electron chi connectivity index (χ1n) is 4.89. The second kappa shape index (κ2) is 4.67. The molecule has 5 heteroatoms. The van der Waals surface area contributed by atoms with Gasteiger partial charge in [-0.1, -0.05) is 6.07 Å². The Balaban J connectivity index is 2.23. The zero-order valence-corrected chi connectivity index (χ0v) is 9.59. The van der Waals surface area contributed by atoms with Gasteiger partial charge in [0, 0.05) is 18.4 Å². The van der Waals surface area contributed by atoms with E-state index in [9.17, 15) is 4.39 Å². The topological polar surface area (TPSA) is 54.7 Å². The quantitative estimate of drug-likeness (QED) is 0.863. The molecule has 0 radical (unpaired) electrons. The molecule has 0 saturated carbocycles. The summed E-state index contributed by atoms with van der Waals surface area (Å²) in [4.78, 5) is 7.48. The van der Waals surface area contributed by atoms with Crippen molar-refractivity contribution in [2.24, 2.45) is 5.73 Å². The third-order valence-corrected chi connectivity index (χ3v) is 3.13. The van der Waals surface area contributed by atoms with Crippen molar-refractivity contribution in [3.05, 3.63) is 42.0 Å². The van der Waals surface area contributed by atoms with Crippen molar-refractivity contribution < 1.29 is 4.39 Å². The van der Waals surface area contributed by atoms with Crippen LogP contribution in [0, 0.1) is 5.82 Å². The van der Waals surface area contributed by atoms with Crippen LogP contribution in [0.2, 0.25) is 0 Å². The number of benzene rings is 1. The Hall–Kier alpha value is -1.33. The number of hydrogen-bond donors (Lipinski definition) is 2. The molecule has 0 spiro atoms. The standard InChI is InChI=1S/C11H12FN3S/c1-7(13)8-2-3-10(9(12)6-8)16-11-14-4-5-15-11/h2-7H,13H2,1H3,(H,14,15)/t7-/m1/s1. The van der Waals surface area contributed by atoms with E-state index < -0.39 is 0 Å². The molecule has 0 aliphatic rings. The number of nitrogens with two attached hydrogens (primary N) is 1. The van der Waals surface area contributed by atoms with Crippen molar-refractivity contribution in [1.29, 1.82) is 0 Å². The minimum atomic E-state index is -0.267. The first kappa shape index (κ1) is 11.2. The van der Waals surface area contributed by atoms with E-state index in [1.165, 1.54) is 17.8 Å². The molecule has 0 bridgehead atoms. The van der Waals surface area contributed by atoms with Crippen LogP contribution in [0.1, 0.15) is 18.5 Å². The Morgan fingerprint density at radius 1 is 1.50 bits per heavy atom. The first-order valence-corrected chi connectivity index (χ1v) is 5.70. The van der Waals surface area contributed by atoms with Gasteiger partial charge in [0.1, 0.15) is 5.82 Å². The van der Waals surface area contributed by atoms with E-state index in [0.29, 0.717) is 10.1 Å². The van der Waals surface area contributed by atoms with E-state index in [0.717, 1.165) is 5.56 Å². The highest BCUT2D eigenvalue weighted by atomic mass is 32.2. The smallest absolute Gasteiger partial charge is 0.170 e. The zero-order valence-electron chi connectivity index (χ0n) is 8.77. The van der Waals surface area contributed by atoms with E-state index in [2.05, 4.69) is 9.97 Å². The van der Waals surface area contributed by atoms with E-state index in [4.69, 9.17) is 5.73 Å². The lowest BCUT2D eigenvalue weighted by Gasteiger charge is -2.07. The maximum Gasteiger partial charge on any atom is 0.170 e. The Labute approximate surface area is 97.3 Å². The molecule has 2 rings (SSSR count). The van der Waals surface area contributed by atoms with Gasteiger partial charge in [-0.2, -0.15) is 0 Å². The Kier molecular flexibility index (Phi) is 3.26.